The number of aryl methyl sites for hydroxylation is 2. The molecular weight excluding hydrogens is 378 g/mol. The van der Waals surface area contributed by atoms with Gasteiger partial charge in [0, 0.05) is 6.42 Å². The van der Waals surface area contributed by atoms with Gasteiger partial charge in [-0.3, -0.25) is 4.79 Å². The second-order valence-electron chi connectivity index (χ2n) is 6.20. The predicted octanol–water partition coefficient (Wildman–Crippen LogP) is 4.64. The molecule has 0 bridgehead atoms. The number of rotatable bonds is 7. The lowest BCUT2D eigenvalue weighted by Crippen LogP contribution is -2.17. The summed E-state index contributed by atoms with van der Waals surface area (Å²) in [7, 11) is 0. The van der Waals surface area contributed by atoms with Crippen LogP contribution in [-0.2, 0) is 4.79 Å². The fourth-order valence-corrected chi connectivity index (χ4v) is 3.76. The number of hydrogen-bond donors (Lipinski definition) is 1. The van der Waals surface area contributed by atoms with Crippen LogP contribution in [0.25, 0.3) is 6.08 Å². The van der Waals surface area contributed by atoms with E-state index >= 15 is 0 Å². The Morgan fingerprint density at radius 3 is 2.48 bits per heavy atom. The highest BCUT2D eigenvalue weighted by Crippen LogP contribution is 2.27. The number of benzene rings is 2. The van der Waals surface area contributed by atoms with Gasteiger partial charge in [-0.1, -0.05) is 54.3 Å². The fraction of sp³-hybridized carbons (Fsp3) is 0.238. The van der Waals surface area contributed by atoms with E-state index in [9.17, 15) is 4.79 Å². The van der Waals surface area contributed by atoms with Gasteiger partial charge in [0.2, 0.25) is 0 Å². The second-order valence-corrected chi connectivity index (χ2v) is 7.91. The van der Waals surface area contributed by atoms with Crippen LogP contribution in [0.15, 0.2) is 47.4 Å². The Morgan fingerprint density at radius 2 is 1.78 bits per heavy atom. The Balaban J connectivity index is 1.50. The molecule has 2 aromatic carbocycles. The molecule has 1 aliphatic heterocycles. The van der Waals surface area contributed by atoms with Gasteiger partial charge in [-0.25, -0.2) is 0 Å². The molecule has 0 radical (unpaired) electrons. The zero-order valence-electron chi connectivity index (χ0n) is 15.3. The van der Waals surface area contributed by atoms with E-state index < -0.39 is 0 Å². The molecule has 3 rings (SSSR count). The number of nitrogens with one attached hydrogen (secondary N) is 1. The van der Waals surface area contributed by atoms with Crippen LogP contribution < -0.4 is 14.8 Å². The minimum Gasteiger partial charge on any atom is -0.493 e. The zero-order chi connectivity index (χ0) is 19.2. The number of carbonyl (C=O) groups excluding carboxylic acids is 1. The summed E-state index contributed by atoms with van der Waals surface area (Å²) < 4.78 is 12.2. The number of ether oxygens (including phenoxy) is 2. The number of amides is 1. The average Bonchev–Trinajstić information content (AvgIpc) is 2.94. The summed E-state index contributed by atoms with van der Waals surface area (Å²) in [6.45, 7) is 5.26. The molecule has 4 nitrogen and oxygen atoms in total. The second kappa shape index (κ2) is 9.06. The van der Waals surface area contributed by atoms with E-state index in [-0.39, 0.29) is 5.91 Å². The van der Waals surface area contributed by atoms with E-state index in [4.69, 9.17) is 21.7 Å². The molecule has 6 heteroatoms. The van der Waals surface area contributed by atoms with E-state index in [0.717, 1.165) is 34.6 Å². The average molecular weight is 400 g/mol. The first-order valence-electron chi connectivity index (χ1n) is 8.69. The molecule has 27 heavy (non-hydrogen) atoms. The maximum Gasteiger partial charge on any atom is 0.263 e. The highest BCUT2D eigenvalue weighted by Gasteiger charge is 2.21. The topological polar surface area (TPSA) is 47.6 Å². The molecule has 1 fully saturated rings. The SMILES string of the molecule is Cc1cccc(C)c1OCCCOc1cccc(/C=C2\SC(=S)NC2=O)c1. The molecule has 0 atom stereocenters. The van der Waals surface area contributed by atoms with E-state index in [1.807, 2.05) is 36.4 Å². The summed E-state index contributed by atoms with van der Waals surface area (Å²) in [5.74, 6) is 1.57. The van der Waals surface area contributed by atoms with Gasteiger partial charge in [0.15, 0.2) is 0 Å². The van der Waals surface area contributed by atoms with Gasteiger partial charge in [0.1, 0.15) is 15.8 Å². The third-order valence-electron chi connectivity index (χ3n) is 4.01. The molecule has 1 aliphatic rings. The first-order valence-corrected chi connectivity index (χ1v) is 9.92. The molecule has 1 saturated heterocycles. The summed E-state index contributed by atoms with van der Waals surface area (Å²) in [5, 5.41) is 2.61. The first kappa shape index (κ1) is 19.5. The van der Waals surface area contributed by atoms with Crippen LogP contribution in [0.1, 0.15) is 23.1 Å². The van der Waals surface area contributed by atoms with Gasteiger partial charge in [0.25, 0.3) is 5.91 Å². The maximum atomic E-state index is 11.7. The van der Waals surface area contributed by atoms with Crippen LogP contribution in [0.4, 0.5) is 0 Å². The zero-order valence-corrected chi connectivity index (χ0v) is 16.9. The third kappa shape index (κ3) is 5.34. The number of para-hydroxylation sites is 1. The third-order valence-corrected chi connectivity index (χ3v) is 5.17. The summed E-state index contributed by atoms with van der Waals surface area (Å²) >= 11 is 6.28. The van der Waals surface area contributed by atoms with Crippen molar-refractivity contribution in [2.75, 3.05) is 13.2 Å². The lowest BCUT2D eigenvalue weighted by atomic mass is 10.1. The van der Waals surface area contributed by atoms with Crippen LogP contribution in [0, 0.1) is 13.8 Å². The van der Waals surface area contributed by atoms with Crippen LogP contribution >= 0.6 is 24.0 Å². The number of carbonyl (C=O) groups is 1. The number of thioether (sulfide) groups is 1. The molecule has 0 unspecified atom stereocenters. The van der Waals surface area contributed by atoms with Gasteiger partial charge in [-0.05, 0) is 48.7 Å². The Hall–Kier alpha value is -2.31. The Labute approximate surface area is 168 Å². The molecule has 0 aromatic heterocycles. The molecule has 2 aromatic rings. The summed E-state index contributed by atoms with van der Waals surface area (Å²) in [5.41, 5.74) is 3.19. The molecule has 1 heterocycles. The molecule has 1 amide bonds. The van der Waals surface area contributed by atoms with Crippen molar-refractivity contribution in [2.45, 2.75) is 20.3 Å². The largest absolute Gasteiger partial charge is 0.493 e. The molecule has 0 aliphatic carbocycles. The standard InChI is InChI=1S/C21H21NO3S2/c1-14-6-3-7-15(2)19(14)25-11-5-10-24-17-9-4-8-16(12-17)13-18-20(23)22-21(26)27-18/h3-4,6-9,12-13H,5,10-11H2,1-2H3,(H,22,23,26)/b18-13-. The van der Waals surface area contributed by atoms with Crippen molar-refractivity contribution in [3.63, 3.8) is 0 Å². The molecule has 0 saturated carbocycles. The van der Waals surface area contributed by atoms with E-state index in [1.165, 1.54) is 11.8 Å². The van der Waals surface area contributed by atoms with E-state index in [2.05, 4.69) is 31.3 Å². The Bertz CT molecular complexity index is 872. The van der Waals surface area contributed by atoms with Crippen molar-refractivity contribution < 1.29 is 14.3 Å². The molecule has 140 valence electrons. The van der Waals surface area contributed by atoms with E-state index in [0.29, 0.717) is 22.4 Å². The van der Waals surface area contributed by atoms with Crippen LogP contribution in [-0.4, -0.2) is 23.4 Å². The van der Waals surface area contributed by atoms with Crippen LogP contribution in [0.5, 0.6) is 11.5 Å². The maximum absolute atomic E-state index is 11.7. The molecule has 1 N–H and O–H groups in total. The highest BCUT2D eigenvalue weighted by atomic mass is 32.2. The van der Waals surface area contributed by atoms with E-state index in [1.54, 1.807) is 0 Å². The first-order chi connectivity index (χ1) is 13.0. The van der Waals surface area contributed by atoms with Crippen molar-refractivity contribution in [3.05, 3.63) is 64.1 Å². The predicted molar refractivity (Wildman–Crippen MR) is 114 cm³/mol. The van der Waals surface area contributed by atoms with Gasteiger partial charge in [0.05, 0.1) is 18.1 Å². The van der Waals surface area contributed by atoms with Crippen molar-refractivity contribution in [1.29, 1.82) is 0 Å². The Morgan fingerprint density at radius 1 is 1.07 bits per heavy atom. The molecule has 0 spiro atoms. The lowest BCUT2D eigenvalue weighted by molar-refractivity contribution is -0.115. The van der Waals surface area contributed by atoms with Gasteiger partial charge >= 0.3 is 0 Å². The number of thiocarbonyl (C=S) groups is 1. The van der Waals surface area contributed by atoms with Crippen molar-refractivity contribution in [1.82, 2.24) is 5.32 Å². The summed E-state index contributed by atoms with van der Waals surface area (Å²) in [6.07, 6.45) is 2.60. The van der Waals surface area contributed by atoms with Gasteiger partial charge in [-0.2, -0.15) is 0 Å². The van der Waals surface area contributed by atoms with Crippen LogP contribution in [0.3, 0.4) is 0 Å². The minimum atomic E-state index is -0.153. The summed E-state index contributed by atoms with van der Waals surface area (Å²) in [6, 6.07) is 13.8. The highest BCUT2D eigenvalue weighted by molar-refractivity contribution is 8.26. The molecular formula is C21H21NO3S2. The van der Waals surface area contributed by atoms with Crippen molar-refractivity contribution in [2.24, 2.45) is 0 Å². The Kier molecular flexibility index (Phi) is 6.53. The van der Waals surface area contributed by atoms with Crippen LogP contribution in [0.2, 0.25) is 0 Å². The smallest absolute Gasteiger partial charge is 0.263 e. The summed E-state index contributed by atoms with van der Waals surface area (Å²) in [4.78, 5) is 12.3. The quantitative estimate of drug-likeness (QED) is 0.418. The minimum absolute atomic E-state index is 0.153. The van der Waals surface area contributed by atoms with Gasteiger partial charge < -0.3 is 14.8 Å². The van der Waals surface area contributed by atoms with Crippen molar-refractivity contribution in [3.8, 4) is 11.5 Å². The number of hydrogen-bond acceptors (Lipinski definition) is 5. The monoisotopic (exact) mass is 399 g/mol. The van der Waals surface area contributed by atoms with Crippen molar-refractivity contribution >= 4 is 40.3 Å². The lowest BCUT2D eigenvalue weighted by Gasteiger charge is -2.12. The fourth-order valence-electron chi connectivity index (χ4n) is 2.72. The normalized spacial score (nSPS) is 15.1. The van der Waals surface area contributed by atoms with Gasteiger partial charge in [-0.15, -0.1) is 0 Å².